The van der Waals surface area contributed by atoms with Crippen LogP contribution in [-0.2, 0) is 26.4 Å². The Kier molecular flexibility index (Phi) is 10.6. The van der Waals surface area contributed by atoms with Gasteiger partial charge in [0.05, 0.1) is 22.8 Å². The standard InChI is InChI=1S/C25H29F3N4O7S/c1-16-19(29-11-10-21(16)39-15-25(26,27)28)14-40(36)22-30-18-8-4-5-9-20(18)32(22)23(33)31(2)17(7-6-12-37-3)13-38-24(34)35/h4-5,8-11,17H,6-7,12-15H2,1-3H3,(H,34,35)/t17?,40-/m1/s1. The summed E-state index contributed by atoms with van der Waals surface area (Å²) >= 11 is -1.97. The molecule has 40 heavy (non-hydrogen) atoms. The molecule has 0 aliphatic heterocycles. The fourth-order valence-electron chi connectivity index (χ4n) is 3.88. The van der Waals surface area contributed by atoms with Gasteiger partial charge in [-0.1, -0.05) is 12.1 Å². The lowest BCUT2D eigenvalue weighted by atomic mass is 10.1. The molecule has 0 saturated heterocycles. The number of imidazole rings is 1. The number of para-hydroxylation sites is 2. The lowest BCUT2D eigenvalue weighted by molar-refractivity contribution is -0.153. The van der Waals surface area contributed by atoms with Crippen LogP contribution in [0.15, 0.2) is 41.7 Å². The molecular formula is C25H29F3N4O7S. The Morgan fingerprint density at radius 3 is 2.65 bits per heavy atom. The van der Waals surface area contributed by atoms with Crippen molar-refractivity contribution >= 4 is 34.4 Å². The summed E-state index contributed by atoms with van der Waals surface area (Å²) in [7, 11) is 2.99. The molecule has 0 saturated carbocycles. The Hall–Kier alpha value is -3.56. The number of alkyl halides is 3. The predicted octanol–water partition coefficient (Wildman–Crippen LogP) is 4.38. The van der Waals surface area contributed by atoms with Crippen molar-refractivity contribution in [1.29, 1.82) is 0 Å². The number of hydrogen-bond donors (Lipinski definition) is 1. The molecule has 0 aliphatic rings. The van der Waals surface area contributed by atoms with Gasteiger partial charge in [-0.2, -0.15) is 18.2 Å². The molecule has 3 rings (SSSR count). The van der Waals surface area contributed by atoms with Crippen molar-refractivity contribution in [2.45, 2.75) is 42.9 Å². The first-order valence-electron chi connectivity index (χ1n) is 12.0. The van der Waals surface area contributed by atoms with E-state index in [1.165, 1.54) is 42.8 Å². The second-order valence-electron chi connectivity index (χ2n) is 8.75. The van der Waals surface area contributed by atoms with Crippen LogP contribution in [-0.4, -0.2) is 87.5 Å². The normalized spacial score (nSPS) is 13.2. The minimum atomic E-state index is -4.53. The van der Waals surface area contributed by atoms with E-state index in [0.717, 1.165) is 0 Å². The van der Waals surface area contributed by atoms with Crippen molar-refractivity contribution in [2.75, 3.05) is 34.0 Å². The third-order valence-electron chi connectivity index (χ3n) is 5.98. The first-order chi connectivity index (χ1) is 18.9. The fourth-order valence-corrected chi connectivity index (χ4v) is 5.13. The Morgan fingerprint density at radius 2 is 1.98 bits per heavy atom. The van der Waals surface area contributed by atoms with Crippen molar-refractivity contribution in [3.05, 3.63) is 47.8 Å². The lowest BCUT2D eigenvalue weighted by Crippen LogP contribution is -2.43. The lowest BCUT2D eigenvalue weighted by Gasteiger charge is -2.28. The minimum Gasteiger partial charge on any atom is -0.609 e. The largest absolute Gasteiger partial charge is 0.609 e. The molecule has 1 N–H and O–H groups in total. The molecule has 0 aliphatic carbocycles. The molecule has 2 aromatic heterocycles. The quantitative estimate of drug-likeness (QED) is 0.186. The van der Waals surface area contributed by atoms with Crippen molar-refractivity contribution in [1.82, 2.24) is 19.4 Å². The summed E-state index contributed by atoms with van der Waals surface area (Å²) < 4.78 is 67.4. The van der Waals surface area contributed by atoms with E-state index in [-0.39, 0.29) is 34.5 Å². The number of rotatable bonds is 12. The van der Waals surface area contributed by atoms with Crippen molar-refractivity contribution < 1.29 is 46.6 Å². The van der Waals surface area contributed by atoms with E-state index in [0.29, 0.717) is 30.5 Å². The van der Waals surface area contributed by atoms with Crippen molar-refractivity contribution in [2.24, 2.45) is 0 Å². The first kappa shape index (κ1) is 31.0. The zero-order chi connectivity index (χ0) is 29.4. The molecule has 0 radical (unpaired) electrons. The number of nitrogens with zero attached hydrogens (tertiary/aromatic N) is 4. The topological polar surface area (TPSA) is 139 Å². The van der Waals surface area contributed by atoms with Crippen LogP contribution < -0.4 is 4.74 Å². The molecule has 11 nitrogen and oxygen atoms in total. The molecule has 218 valence electrons. The van der Waals surface area contributed by atoms with Crippen LogP contribution in [0, 0.1) is 6.92 Å². The van der Waals surface area contributed by atoms with Gasteiger partial charge in [0, 0.05) is 43.7 Å². The summed E-state index contributed by atoms with van der Waals surface area (Å²) in [5.74, 6) is -0.310. The van der Waals surface area contributed by atoms with Gasteiger partial charge in [-0.3, -0.25) is 4.98 Å². The van der Waals surface area contributed by atoms with E-state index in [1.54, 1.807) is 24.3 Å². The third-order valence-corrected chi connectivity index (χ3v) is 7.19. The summed E-state index contributed by atoms with van der Waals surface area (Å²) in [6.45, 7) is 0.0987. The maximum Gasteiger partial charge on any atom is 0.505 e. The highest BCUT2D eigenvalue weighted by atomic mass is 32.2. The highest BCUT2D eigenvalue weighted by molar-refractivity contribution is 7.90. The van der Waals surface area contributed by atoms with Crippen LogP contribution in [0.2, 0.25) is 0 Å². The Morgan fingerprint density at radius 1 is 1.25 bits per heavy atom. The predicted molar refractivity (Wildman–Crippen MR) is 138 cm³/mol. The maximum atomic E-state index is 13.8. The SMILES string of the molecule is COCCCC(COC(=O)O)N(C)C(=O)n1c([S@+]([O-])Cc2nccc(OCC(F)(F)F)c2C)nc2ccccc21. The van der Waals surface area contributed by atoms with E-state index in [1.807, 2.05) is 0 Å². The summed E-state index contributed by atoms with van der Waals surface area (Å²) in [5, 5.41) is 8.87. The third kappa shape index (κ3) is 7.99. The molecule has 3 aromatic rings. The van der Waals surface area contributed by atoms with Crippen molar-refractivity contribution in [3.8, 4) is 5.75 Å². The van der Waals surface area contributed by atoms with Gasteiger partial charge >= 0.3 is 23.5 Å². The number of fused-ring (bicyclic) bond motifs is 1. The number of aromatic nitrogens is 3. The van der Waals surface area contributed by atoms with Gasteiger partial charge in [-0.25, -0.2) is 14.2 Å². The number of hydrogen-bond acceptors (Lipinski definition) is 8. The monoisotopic (exact) mass is 586 g/mol. The van der Waals surface area contributed by atoms with Crippen LogP contribution in [0.4, 0.5) is 22.8 Å². The fraction of sp³-hybridized carbons (Fsp3) is 0.440. The number of amides is 1. The molecule has 1 aromatic carbocycles. The average molecular weight is 587 g/mol. The number of ether oxygens (including phenoxy) is 3. The summed E-state index contributed by atoms with van der Waals surface area (Å²) in [5.41, 5.74) is 1.24. The van der Waals surface area contributed by atoms with Gasteiger partial charge in [0.15, 0.2) is 12.4 Å². The number of pyridine rings is 1. The molecule has 15 heteroatoms. The first-order valence-corrected chi connectivity index (χ1v) is 13.4. The Bertz CT molecular complexity index is 1320. The smallest absolute Gasteiger partial charge is 0.505 e. The Labute approximate surface area is 231 Å². The van der Waals surface area contributed by atoms with Crippen LogP contribution in [0.3, 0.4) is 0 Å². The second-order valence-corrected chi connectivity index (χ2v) is 10.1. The highest BCUT2D eigenvalue weighted by Gasteiger charge is 2.32. The molecule has 1 amide bonds. The number of halogens is 3. The van der Waals surface area contributed by atoms with Gasteiger partial charge in [0.1, 0.15) is 12.4 Å². The van der Waals surface area contributed by atoms with E-state index in [2.05, 4.69) is 9.97 Å². The molecule has 0 fully saturated rings. The van der Waals surface area contributed by atoms with Gasteiger partial charge in [0.25, 0.3) is 0 Å². The summed E-state index contributed by atoms with van der Waals surface area (Å²) in [4.78, 5) is 34.6. The van der Waals surface area contributed by atoms with E-state index >= 15 is 0 Å². The molecule has 2 heterocycles. The molecule has 1 unspecified atom stereocenters. The molecule has 0 bridgehead atoms. The Balaban J connectivity index is 1.93. The number of methoxy groups -OCH3 is 1. The summed E-state index contributed by atoms with van der Waals surface area (Å²) in [6, 6.07) is 6.63. The van der Waals surface area contributed by atoms with Crippen LogP contribution >= 0.6 is 0 Å². The van der Waals surface area contributed by atoms with Crippen molar-refractivity contribution in [3.63, 3.8) is 0 Å². The van der Waals surface area contributed by atoms with Crippen LogP contribution in [0.25, 0.3) is 11.0 Å². The minimum absolute atomic E-state index is 0.0547. The zero-order valence-electron chi connectivity index (χ0n) is 22.0. The van der Waals surface area contributed by atoms with Crippen LogP contribution in [0.1, 0.15) is 24.1 Å². The molecular weight excluding hydrogens is 557 g/mol. The number of carboxylic acid groups (broad SMARTS) is 1. The van der Waals surface area contributed by atoms with Gasteiger partial charge < -0.3 is 28.8 Å². The number of benzene rings is 1. The van der Waals surface area contributed by atoms with Gasteiger partial charge in [-0.15, -0.1) is 0 Å². The maximum absolute atomic E-state index is 13.8. The zero-order valence-corrected chi connectivity index (χ0v) is 22.8. The van der Waals surface area contributed by atoms with E-state index in [9.17, 15) is 27.3 Å². The molecule has 0 spiro atoms. The van der Waals surface area contributed by atoms with Gasteiger partial charge in [0.2, 0.25) is 0 Å². The van der Waals surface area contributed by atoms with E-state index < -0.39 is 42.2 Å². The van der Waals surface area contributed by atoms with Gasteiger partial charge in [-0.05, 0) is 38.0 Å². The number of carbonyl (C=O) groups excluding carboxylic acids is 1. The van der Waals surface area contributed by atoms with Crippen LogP contribution in [0.5, 0.6) is 5.75 Å². The second kappa shape index (κ2) is 13.7. The highest BCUT2D eigenvalue weighted by Crippen LogP contribution is 2.28. The number of likely N-dealkylation sites (N-methyl/N-ethyl adjacent to an activating group) is 1. The summed E-state index contributed by atoms with van der Waals surface area (Å²) in [6.07, 6.45) is -3.89. The number of carbonyl (C=O) groups is 2. The molecule has 2 atom stereocenters. The average Bonchev–Trinajstić information content (AvgIpc) is 3.29. The van der Waals surface area contributed by atoms with E-state index in [4.69, 9.17) is 19.3 Å².